The monoisotopic (exact) mass is 412 g/mol. The fraction of sp³-hybridized carbons (Fsp3) is 0.545. The maximum absolute atomic E-state index is 12.8. The lowest BCUT2D eigenvalue weighted by molar-refractivity contribution is 0.146. The molecule has 2 heterocycles. The van der Waals surface area contributed by atoms with Crippen molar-refractivity contribution in [2.75, 3.05) is 13.2 Å². The molecule has 0 saturated carbocycles. The van der Waals surface area contributed by atoms with Crippen LogP contribution in [0.25, 0.3) is 10.9 Å². The smallest absolute Gasteiger partial charge is 0.252 e. The molecule has 2 N–H and O–H groups in total. The number of hydrogen-bond acceptors (Lipinski definition) is 6. The van der Waals surface area contributed by atoms with E-state index in [9.17, 15) is 9.90 Å². The third kappa shape index (κ3) is 4.76. The second-order valence-electron chi connectivity index (χ2n) is 8.81. The number of aryl methyl sites for hydroxylation is 1. The predicted molar refractivity (Wildman–Crippen MR) is 117 cm³/mol. The molecule has 162 valence electrons. The molecule has 30 heavy (non-hydrogen) atoms. The van der Waals surface area contributed by atoms with Gasteiger partial charge in [0.1, 0.15) is 0 Å². The highest BCUT2D eigenvalue weighted by Gasteiger charge is 2.29. The Kier molecular flexibility index (Phi) is 6.67. The van der Waals surface area contributed by atoms with Crippen molar-refractivity contribution in [3.05, 3.63) is 51.6 Å². The van der Waals surface area contributed by atoms with Gasteiger partial charge in [-0.25, -0.2) is 4.68 Å². The summed E-state index contributed by atoms with van der Waals surface area (Å²) in [5.41, 5.74) is 2.32. The van der Waals surface area contributed by atoms with Gasteiger partial charge in [-0.2, -0.15) is 0 Å². The SMILES string of the molecule is CC[C@@H](c1nnnn1C(C)(C)C)N(CCCO)Cc1cc2cc(C)ccc2[nH]c1=O. The van der Waals surface area contributed by atoms with E-state index < -0.39 is 0 Å². The van der Waals surface area contributed by atoms with Gasteiger partial charge in [0, 0.05) is 30.8 Å². The molecule has 1 atom stereocenters. The minimum Gasteiger partial charge on any atom is -0.396 e. The number of aromatic amines is 1. The summed E-state index contributed by atoms with van der Waals surface area (Å²) in [5, 5.41) is 22.9. The molecule has 3 aromatic rings. The molecule has 0 fully saturated rings. The number of H-pyrrole nitrogens is 1. The zero-order chi connectivity index (χ0) is 21.9. The summed E-state index contributed by atoms with van der Waals surface area (Å²) >= 11 is 0. The number of benzene rings is 1. The molecule has 0 bridgehead atoms. The topological polar surface area (TPSA) is 99.9 Å². The van der Waals surface area contributed by atoms with Crippen LogP contribution in [0, 0.1) is 6.92 Å². The van der Waals surface area contributed by atoms with Gasteiger partial charge in [-0.05, 0) is 74.5 Å². The van der Waals surface area contributed by atoms with Crippen molar-refractivity contribution < 1.29 is 5.11 Å². The first-order valence-corrected chi connectivity index (χ1v) is 10.5. The minimum atomic E-state index is -0.257. The van der Waals surface area contributed by atoms with Gasteiger partial charge < -0.3 is 10.1 Å². The van der Waals surface area contributed by atoms with E-state index in [4.69, 9.17) is 0 Å². The number of tetrazole rings is 1. The zero-order valence-corrected chi connectivity index (χ0v) is 18.5. The molecule has 2 aromatic heterocycles. The summed E-state index contributed by atoms with van der Waals surface area (Å²) in [6.07, 6.45) is 1.39. The van der Waals surface area contributed by atoms with E-state index in [2.05, 4.69) is 59.2 Å². The van der Waals surface area contributed by atoms with Crippen molar-refractivity contribution in [2.45, 2.75) is 65.6 Å². The maximum Gasteiger partial charge on any atom is 0.252 e. The summed E-state index contributed by atoms with van der Waals surface area (Å²) in [7, 11) is 0. The Bertz CT molecular complexity index is 1050. The number of nitrogens with one attached hydrogen (secondary N) is 1. The van der Waals surface area contributed by atoms with Gasteiger partial charge in [0.05, 0.1) is 11.6 Å². The lowest BCUT2D eigenvalue weighted by Gasteiger charge is -2.32. The molecule has 1 aromatic carbocycles. The van der Waals surface area contributed by atoms with E-state index >= 15 is 0 Å². The molecule has 0 radical (unpaired) electrons. The van der Waals surface area contributed by atoms with Crippen LogP contribution >= 0.6 is 0 Å². The Morgan fingerprint density at radius 1 is 1.27 bits per heavy atom. The molecule has 0 saturated heterocycles. The van der Waals surface area contributed by atoms with E-state index in [1.807, 2.05) is 29.8 Å². The Balaban J connectivity index is 2.00. The van der Waals surface area contributed by atoms with Crippen molar-refractivity contribution in [1.29, 1.82) is 0 Å². The standard InChI is InChI=1S/C22H32N6O2/c1-6-19(20-24-25-26-28(20)22(3,4)5)27(10-7-11-29)14-17-13-16-12-15(2)8-9-18(16)23-21(17)30/h8-9,12-13,19,29H,6-7,10-11,14H2,1-5H3,(H,23,30)/t19-/m0/s1. The van der Waals surface area contributed by atoms with Crippen LogP contribution in [0.5, 0.6) is 0 Å². The first-order valence-electron chi connectivity index (χ1n) is 10.5. The van der Waals surface area contributed by atoms with Gasteiger partial charge >= 0.3 is 0 Å². The second-order valence-corrected chi connectivity index (χ2v) is 8.81. The van der Waals surface area contributed by atoms with Crippen LogP contribution in [0.4, 0.5) is 0 Å². The van der Waals surface area contributed by atoms with Gasteiger partial charge in [-0.3, -0.25) is 9.69 Å². The van der Waals surface area contributed by atoms with Crippen LogP contribution in [0.3, 0.4) is 0 Å². The molecule has 0 aliphatic carbocycles. The normalized spacial score (nSPS) is 13.3. The van der Waals surface area contributed by atoms with Crippen molar-refractivity contribution in [3.8, 4) is 0 Å². The highest BCUT2D eigenvalue weighted by molar-refractivity contribution is 5.79. The summed E-state index contributed by atoms with van der Waals surface area (Å²) in [6, 6.07) is 7.89. The summed E-state index contributed by atoms with van der Waals surface area (Å²) in [4.78, 5) is 18.0. The Labute approximate surface area is 176 Å². The highest BCUT2D eigenvalue weighted by atomic mass is 16.3. The Morgan fingerprint density at radius 2 is 2.03 bits per heavy atom. The fourth-order valence-electron chi connectivity index (χ4n) is 3.81. The summed E-state index contributed by atoms with van der Waals surface area (Å²) in [6.45, 7) is 11.5. The molecular formula is C22H32N6O2. The Hall–Kier alpha value is -2.58. The third-order valence-corrected chi connectivity index (χ3v) is 5.31. The molecule has 8 nitrogen and oxygen atoms in total. The van der Waals surface area contributed by atoms with Gasteiger partial charge in [0.15, 0.2) is 5.82 Å². The first kappa shape index (κ1) is 22.1. The van der Waals surface area contributed by atoms with E-state index in [1.165, 1.54) is 0 Å². The van der Waals surface area contributed by atoms with Crippen molar-refractivity contribution in [2.24, 2.45) is 0 Å². The van der Waals surface area contributed by atoms with E-state index in [1.54, 1.807) is 0 Å². The number of fused-ring (bicyclic) bond motifs is 1. The van der Waals surface area contributed by atoms with Gasteiger partial charge in [-0.15, -0.1) is 5.10 Å². The Morgan fingerprint density at radius 3 is 2.70 bits per heavy atom. The molecule has 0 amide bonds. The third-order valence-electron chi connectivity index (χ3n) is 5.31. The van der Waals surface area contributed by atoms with Crippen LogP contribution in [0.2, 0.25) is 0 Å². The van der Waals surface area contributed by atoms with Crippen molar-refractivity contribution in [3.63, 3.8) is 0 Å². The van der Waals surface area contributed by atoms with Crippen molar-refractivity contribution in [1.82, 2.24) is 30.1 Å². The number of aliphatic hydroxyl groups excluding tert-OH is 1. The van der Waals surface area contributed by atoms with Gasteiger partial charge in [0.2, 0.25) is 0 Å². The van der Waals surface area contributed by atoms with Crippen LogP contribution in [0.15, 0.2) is 29.1 Å². The highest BCUT2D eigenvalue weighted by Crippen LogP contribution is 2.27. The predicted octanol–water partition coefficient (Wildman–Crippen LogP) is 2.91. The van der Waals surface area contributed by atoms with Crippen LogP contribution < -0.4 is 5.56 Å². The number of aliphatic hydroxyl groups is 1. The van der Waals surface area contributed by atoms with Gasteiger partial charge in [0.25, 0.3) is 5.56 Å². The second kappa shape index (κ2) is 9.06. The number of nitrogens with zero attached hydrogens (tertiary/aromatic N) is 5. The quantitative estimate of drug-likeness (QED) is 0.590. The summed E-state index contributed by atoms with van der Waals surface area (Å²) < 4.78 is 1.85. The molecule has 0 spiro atoms. The van der Waals surface area contributed by atoms with Crippen LogP contribution in [0.1, 0.15) is 63.5 Å². The molecule has 0 aliphatic heterocycles. The number of rotatable bonds is 8. The first-order chi connectivity index (χ1) is 14.2. The molecule has 3 rings (SSSR count). The zero-order valence-electron chi connectivity index (χ0n) is 18.5. The average molecular weight is 413 g/mol. The minimum absolute atomic E-state index is 0.0709. The van der Waals surface area contributed by atoms with Gasteiger partial charge in [-0.1, -0.05) is 18.6 Å². The largest absolute Gasteiger partial charge is 0.396 e. The molecule has 8 heteroatoms. The number of pyridine rings is 1. The summed E-state index contributed by atoms with van der Waals surface area (Å²) in [5.74, 6) is 0.774. The van der Waals surface area contributed by atoms with E-state index in [0.29, 0.717) is 25.1 Å². The van der Waals surface area contributed by atoms with Crippen molar-refractivity contribution >= 4 is 10.9 Å². The molecule has 0 unspecified atom stereocenters. The average Bonchev–Trinajstić information content (AvgIpc) is 3.17. The lowest BCUT2D eigenvalue weighted by atomic mass is 10.1. The molecular weight excluding hydrogens is 380 g/mol. The maximum atomic E-state index is 12.8. The van der Waals surface area contributed by atoms with E-state index in [-0.39, 0.29) is 23.7 Å². The number of aromatic nitrogens is 5. The molecule has 0 aliphatic rings. The fourth-order valence-corrected chi connectivity index (χ4v) is 3.81. The number of hydrogen-bond donors (Lipinski definition) is 2. The van der Waals surface area contributed by atoms with Crippen LogP contribution in [-0.2, 0) is 12.1 Å². The van der Waals surface area contributed by atoms with E-state index in [0.717, 1.165) is 28.7 Å². The van der Waals surface area contributed by atoms with Crippen LogP contribution in [-0.4, -0.2) is 48.3 Å². The lowest BCUT2D eigenvalue weighted by Crippen LogP contribution is -2.36.